The summed E-state index contributed by atoms with van der Waals surface area (Å²) in [6.07, 6.45) is 0.707. The smallest absolute Gasteiger partial charge is 0.261 e. The van der Waals surface area contributed by atoms with E-state index in [9.17, 15) is 19.2 Å². The third-order valence-corrected chi connectivity index (χ3v) is 6.00. The summed E-state index contributed by atoms with van der Waals surface area (Å²) in [5.41, 5.74) is 1.21. The van der Waals surface area contributed by atoms with Gasteiger partial charge >= 0.3 is 0 Å². The molecule has 4 amide bonds. The number of amides is 4. The number of rotatable bonds is 4. The monoisotopic (exact) mass is 439 g/mol. The number of hydrogen-bond donors (Lipinski definition) is 0. The van der Waals surface area contributed by atoms with E-state index in [1.807, 2.05) is 0 Å². The van der Waals surface area contributed by atoms with E-state index in [1.54, 1.807) is 58.3 Å². The molecule has 1 saturated heterocycles. The minimum atomic E-state index is -0.360. The minimum Gasteiger partial charge on any atom is -0.341 e. The van der Waals surface area contributed by atoms with Crippen molar-refractivity contribution < 1.29 is 19.2 Å². The van der Waals surface area contributed by atoms with Crippen molar-refractivity contribution in [1.82, 2.24) is 14.7 Å². The number of carbonyl (C=O) groups is 4. The summed E-state index contributed by atoms with van der Waals surface area (Å²) >= 11 is 6.15. The molecule has 2 aromatic rings. The largest absolute Gasteiger partial charge is 0.341 e. The molecule has 1 fully saturated rings. The second kappa shape index (κ2) is 8.89. The Morgan fingerprint density at radius 3 is 2.06 bits per heavy atom. The van der Waals surface area contributed by atoms with Crippen LogP contribution in [0.3, 0.4) is 0 Å². The number of nitrogens with zero attached hydrogens (tertiary/aromatic N) is 3. The second-order valence-electron chi connectivity index (χ2n) is 7.56. The highest BCUT2D eigenvalue weighted by atomic mass is 35.5. The molecule has 31 heavy (non-hydrogen) atoms. The molecule has 7 nitrogen and oxygen atoms in total. The van der Waals surface area contributed by atoms with Gasteiger partial charge < -0.3 is 9.80 Å². The first kappa shape index (κ1) is 21.1. The van der Waals surface area contributed by atoms with E-state index in [0.29, 0.717) is 54.3 Å². The molecule has 0 spiro atoms. The number of fused-ring (bicyclic) bond motifs is 1. The molecule has 2 aliphatic heterocycles. The second-order valence-corrected chi connectivity index (χ2v) is 7.97. The van der Waals surface area contributed by atoms with Crippen molar-refractivity contribution in [2.24, 2.45) is 0 Å². The van der Waals surface area contributed by atoms with Crippen molar-refractivity contribution >= 4 is 35.2 Å². The molecule has 0 atom stereocenters. The van der Waals surface area contributed by atoms with E-state index in [2.05, 4.69) is 0 Å². The first-order chi connectivity index (χ1) is 15.0. The number of imide groups is 1. The van der Waals surface area contributed by atoms with Crippen LogP contribution in [0.15, 0.2) is 48.5 Å². The third kappa shape index (κ3) is 4.18. The van der Waals surface area contributed by atoms with Gasteiger partial charge in [-0.1, -0.05) is 35.9 Å². The molecule has 4 rings (SSSR count). The van der Waals surface area contributed by atoms with Gasteiger partial charge in [-0.15, -0.1) is 0 Å². The molecule has 0 radical (unpaired) electrons. The average Bonchev–Trinajstić information content (AvgIpc) is 2.94. The lowest BCUT2D eigenvalue weighted by Gasteiger charge is -2.23. The normalized spacial score (nSPS) is 16.4. The Bertz CT molecular complexity index is 1020. The van der Waals surface area contributed by atoms with Gasteiger partial charge in [0.2, 0.25) is 5.91 Å². The SMILES string of the molecule is O=C(CCN1C(=O)c2ccccc2C1=O)N1CCCN(C(=O)c2ccccc2Cl)CC1. The van der Waals surface area contributed by atoms with E-state index in [0.717, 1.165) is 4.90 Å². The Kier molecular flexibility index (Phi) is 6.04. The maximum atomic E-state index is 12.8. The molecule has 2 heterocycles. The lowest BCUT2D eigenvalue weighted by atomic mass is 10.1. The lowest BCUT2D eigenvalue weighted by molar-refractivity contribution is -0.131. The number of halogens is 1. The molecule has 0 bridgehead atoms. The highest BCUT2D eigenvalue weighted by molar-refractivity contribution is 6.33. The van der Waals surface area contributed by atoms with Gasteiger partial charge in [0.1, 0.15) is 0 Å². The van der Waals surface area contributed by atoms with Crippen LogP contribution in [0.5, 0.6) is 0 Å². The predicted octanol–water partition coefficient (Wildman–Crippen LogP) is 2.70. The molecular weight excluding hydrogens is 418 g/mol. The van der Waals surface area contributed by atoms with Crippen molar-refractivity contribution in [2.45, 2.75) is 12.8 Å². The summed E-state index contributed by atoms with van der Waals surface area (Å²) in [6, 6.07) is 13.6. The summed E-state index contributed by atoms with van der Waals surface area (Å²) in [7, 11) is 0. The highest BCUT2D eigenvalue weighted by Crippen LogP contribution is 2.23. The van der Waals surface area contributed by atoms with Gasteiger partial charge in [-0.25, -0.2) is 0 Å². The fourth-order valence-corrected chi connectivity index (χ4v) is 4.20. The van der Waals surface area contributed by atoms with Gasteiger partial charge in [0.15, 0.2) is 0 Å². The fraction of sp³-hybridized carbons (Fsp3) is 0.304. The zero-order chi connectivity index (χ0) is 22.0. The maximum absolute atomic E-state index is 12.8. The van der Waals surface area contributed by atoms with E-state index in [-0.39, 0.29) is 36.6 Å². The Morgan fingerprint density at radius 1 is 0.806 bits per heavy atom. The van der Waals surface area contributed by atoms with Crippen LogP contribution in [0, 0.1) is 0 Å². The molecule has 0 aromatic heterocycles. The summed E-state index contributed by atoms with van der Waals surface area (Å²) < 4.78 is 0. The van der Waals surface area contributed by atoms with Crippen LogP contribution >= 0.6 is 11.6 Å². The van der Waals surface area contributed by atoms with Crippen LogP contribution in [0.2, 0.25) is 5.02 Å². The fourth-order valence-electron chi connectivity index (χ4n) is 3.98. The van der Waals surface area contributed by atoms with Crippen molar-refractivity contribution in [3.63, 3.8) is 0 Å². The quantitative estimate of drug-likeness (QED) is 0.686. The van der Waals surface area contributed by atoms with Gasteiger partial charge in [0.05, 0.1) is 21.7 Å². The summed E-state index contributed by atoms with van der Waals surface area (Å²) in [5.74, 6) is -1.00. The molecule has 0 unspecified atom stereocenters. The average molecular weight is 440 g/mol. The zero-order valence-corrected chi connectivity index (χ0v) is 17.7. The van der Waals surface area contributed by atoms with Crippen LogP contribution in [-0.4, -0.2) is 71.1 Å². The lowest BCUT2D eigenvalue weighted by Crippen LogP contribution is -2.39. The van der Waals surface area contributed by atoms with Crippen molar-refractivity contribution in [2.75, 3.05) is 32.7 Å². The molecule has 0 N–H and O–H groups in total. The summed E-state index contributed by atoms with van der Waals surface area (Å²) in [5, 5.41) is 0.408. The summed E-state index contributed by atoms with van der Waals surface area (Å²) in [6.45, 7) is 1.91. The highest BCUT2D eigenvalue weighted by Gasteiger charge is 2.35. The number of carbonyl (C=O) groups excluding carboxylic acids is 4. The molecule has 0 saturated carbocycles. The van der Waals surface area contributed by atoms with Crippen LogP contribution in [0.1, 0.15) is 43.9 Å². The Morgan fingerprint density at radius 2 is 1.39 bits per heavy atom. The van der Waals surface area contributed by atoms with Crippen LogP contribution in [0.25, 0.3) is 0 Å². The van der Waals surface area contributed by atoms with E-state index in [1.165, 1.54) is 0 Å². The first-order valence-corrected chi connectivity index (χ1v) is 10.6. The van der Waals surface area contributed by atoms with Crippen LogP contribution in [0.4, 0.5) is 0 Å². The first-order valence-electron chi connectivity index (χ1n) is 10.2. The van der Waals surface area contributed by atoms with E-state index >= 15 is 0 Å². The van der Waals surface area contributed by atoms with Gasteiger partial charge in [0, 0.05) is 39.1 Å². The molecule has 8 heteroatoms. The topological polar surface area (TPSA) is 78.0 Å². The standard InChI is InChI=1S/C23H22ClN3O4/c24-19-9-4-3-8-18(19)21(29)26-12-5-11-25(14-15-26)20(28)10-13-27-22(30)16-6-1-2-7-17(16)23(27)31/h1-4,6-9H,5,10-15H2. The molecule has 2 aromatic carbocycles. The van der Waals surface area contributed by atoms with E-state index in [4.69, 9.17) is 11.6 Å². The number of hydrogen-bond acceptors (Lipinski definition) is 4. The minimum absolute atomic E-state index is 0.0456. The molecule has 0 aliphatic carbocycles. The van der Waals surface area contributed by atoms with Gasteiger partial charge in [-0.3, -0.25) is 24.1 Å². The van der Waals surface area contributed by atoms with Gasteiger partial charge in [-0.05, 0) is 30.7 Å². The Balaban J connectivity index is 1.33. The van der Waals surface area contributed by atoms with Gasteiger partial charge in [0.25, 0.3) is 17.7 Å². The Labute approximate surface area is 185 Å². The summed E-state index contributed by atoms with van der Waals surface area (Å²) in [4.78, 5) is 55.0. The third-order valence-electron chi connectivity index (χ3n) is 5.67. The van der Waals surface area contributed by atoms with E-state index < -0.39 is 0 Å². The van der Waals surface area contributed by atoms with Crippen LogP contribution < -0.4 is 0 Å². The number of benzene rings is 2. The van der Waals surface area contributed by atoms with Gasteiger partial charge in [-0.2, -0.15) is 0 Å². The van der Waals surface area contributed by atoms with Crippen molar-refractivity contribution in [1.29, 1.82) is 0 Å². The molecular formula is C23H22ClN3O4. The maximum Gasteiger partial charge on any atom is 0.261 e. The zero-order valence-electron chi connectivity index (χ0n) is 16.9. The predicted molar refractivity (Wildman–Crippen MR) is 115 cm³/mol. The molecule has 2 aliphatic rings. The van der Waals surface area contributed by atoms with Crippen LogP contribution in [-0.2, 0) is 4.79 Å². The Hall–Kier alpha value is -3.19. The van der Waals surface area contributed by atoms with Crippen molar-refractivity contribution in [3.8, 4) is 0 Å². The molecule has 160 valence electrons. The van der Waals surface area contributed by atoms with Crippen molar-refractivity contribution in [3.05, 3.63) is 70.2 Å².